The first-order valence-corrected chi connectivity index (χ1v) is 7.74. The summed E-state index contributed by atoms with van der Waals surface area (Å²) in [5, 5.41) is 2.92. The molecule has 0 aliphatic carbocycles. The van der Waals surface area contributed by atoms with Gasteiger partial charge in [0.05, 0.1) is 12.0 Å². The molecule has 0 aliphatic heterocycles. The fourth-order valence-corrected chi connectivity index (χ4v) is 1.83. The number of amides is 1. The highest BCUT2D eigenvalue weighted by atomic mass is 32.1. The lowest BCUT2D eigenvalue weighted by atomic mass is 10.2. The maximum atomic E-state index is 12.0. The molecule has 0 aromatic heterocycles. The zero-order valence-electron chi connectivity index (χ0n) is 13.6. The van der Waals surface area contributed by atoms with Crippen LogP contribution in [0.2, 0.25) is 0 Å². The molecule has 5 nitrogen and oxygen atoms in total. The lowest BCUT2D eigenvalue weighted by molar-refractivity contribution is 0.0237. The number of ether oxygens (including phenoxy) is 2. The van der Waals surface area contributed by atoms with E-state index in [2.05, 4.69) is 5.32 Å². The van der Waals surface area contributed by atoms with Crippen molar-refractivity contribution in [2.24, 2.45) is 0 Å². The van der Waals surface area contributed by atoms with Gasteiger partial charge in [-0.2, -0.15) is 0 Å². The second-order valence-corrected chi connectivity index (χ2v) is 5.93. The summed E-state index contributed by atoms with van der Waals surface area (Å²) in [6.45, 7) is 8.94. The van der Waals surface area contributed by atoms with Gasteiger partial charge < -0.3 is 19.7 Å². The van der Waals surface area contributed by atoms with E-state index >= 15 is 0 Å². The largest absolute Gasteiger partial charge is 0.492 e. The molecule has 0 aliphatic rings. The first-order chi connectivity index (χ1) is 10.4. The quantitative estimate of drug-likeness (QED) is 0.775. The Bertz CT molecular complexity index is 483. The standard InChI is InChI=1S/C16H24N2O3S/c1-5-18(15(19)21-16(2,3)4)10-11-20-14-8-6-13(7-9-14)17-12-22/h6-9,12H,5,10-11H2,1-4H3,(H,17,22). The molecule has 0 radical (unpaired) electrons. The number of hydrogen-bond acceptors (Lipinski definition) is 4. The van der Waals surface area contributed by atoms with E-state index < -0.39 is 5.60 Å². The van der Waals surface area contributed by atoms with Crippen LogP contribution >= 0.6 is 12.2 Å². The van der Waals surface area contributed by atoms with Crippen LogP contribution in [-0.2, 0) is 4.74 Å². The molecule has 0 fully saturated rings. The molecule has 0 saturated heterocycles. The molecule has 1 amide bonds. The Morgan fingerprint density at radius 2 is 1.95 bits per heavy atom. The summed E-state index contributed by atoms with van der Waals surface area (Å²) < 4.78 is 11.0. The van der Waals surface area contributed by atoms with Crippen molar-refractivity contribution in [1.29, 1.82) is 0 Å². The van der Waals surface area contributed by atoms with Crippen molar-refractivity contribution in [3.8, 4) is 5.75 Å². The molecular formula is C16H24N2O3S. The number of carbonyl (C=O) groups excluding carboxylic acids is 1. The minimum atomic E-state index is -0.490. The summed E-state index contributed by atoms with van der Waals surface area (Å²) in [6, 6.07) is 7.46. The highest BCUT2D eigenvalue weighted by Crippen LogP contribution is 2.15. The van der Waals surface area contributed by atoms with Crippen molar-refractivity contribution in [2.45, 2.75) is 33.3 Å². The predicted molar refractivity (Wildman–Crippen MR) is 92.7 cm³/mol. The monoisotopic (exact) mass is 324 g/mol. The second kappa shape index (κ2) is 8.58. The van der Waals surface area contributed by atoms with Gasteiger partial charge in [0.2, 0.25) is 0 Å². The van der Waals surface area contributed by atoms with Crippen LogP contribution in [0.3, 0.4) is 0 Å². The Kier molecular flexibility index (Phi) is 7.11. The van der Waals surface area contributed by atoms with Crippen LogP contribution in [0, 0.1) is 0 Å². The molecule has 122 valence electrons. The average Bonchev–Trinajstić information content (AvgIpc) is 2.43. The van der Waals surface area contributed by atoms with E-state index in [1.807, 2.05) is 52.0 Å². The molecule has 0 atom stereocenters. The number of nitrogens with zero attached hydrogens (tertiary/aromatic N) is 1. The molecule has 0 heterocycles. The Morgan fingerprint density at radius 1 is 1.32 bits per heavy atom. The first-order valence-electron chi connectivity index (χ1n) is 7.26. The van der Waals surface area contributed by atoms with E-state index in [0.29, 0.717) is 19.7 Å². The van der Waals surface area contributed by atoms with Gasteiger partial charge in [-0.1, -0.05) is 12.2 Å². The Balaban J connectivity index is 2.43. The molecule has 0 unspecified atom stereocenters. The van der Waals surface area contributed by atoms with Gasteiger partial charge in [0, 0.05) is 12.2 Å². The van der Waals surface area contributed by atoms with E-state index in [1.165, 1.54) is 5.49 Å². The third-order valence-corrected chi connectivity index (χ3v) is 2.86. The van der Waals surface area contributed by atoms with E-state index in [-0.39, 0.29) is 6.09 Å². The van der Waals surface area contributed by atoms with Gasteiger partial charge in [-0.25, -0.2) is 4.79 Å². The van der Waals surface area contributed by atoms with E-state index in [1.54, 1.807) is 4.90 Å². The van der Waals surface area contributed by atoms with E-state index in [4.69, 9.17) is 21.7 Å². The Hall–Kier alpha value is -1.82. The van der Waals surface area contributed by atoms with Crippen LogP contribution in [0.5, 0.6) is 5.75 Å². The van der Waals surface area contributed by atoms with Gasteiger partial charge in [0.15, 0.2) is 0 Å². The maximum Gasteiger partial charge on any atom is 0.410 e. The number of nitrogens with one attached hydrogen (secondary N) is 1. The zero-order valence-corrected chi connectivity index (χ0v) is 14.4. The molecule has 1 aromatic rings. The Labute approximate surface area is 137 Å². The molecule has 22 heavy (non-hydrogen) atoms. The number of rotatable bonds is 7. The number of thiocarbonyl (C=S) groups is 1. The van der Waals surface area contributed by atoms with Crippen LogP contribution in [0.4, 0.5) is 10.5 Å². The normalized spacial score (nSPS) is 10.7. The Morgan fingerprint density at radius 3 is 2.45 bits per heavy atom. The lowest BCUT2D eigenvalue weighted by Gasteiger charge is -2.26. The van der Waals surface area contributed by atoms with Crippen molar-refractivity contribution in [2.75, 3.05) is 25.0 Å². The van der Waals surface area contributed by atoms with Crippen molar-refractivity contribution < 1.29 is 14.3 Å². The molecule has 1 aromatic carbocycles. The number of hydrogen-bond donors (Lipinski definition) is 1. The molecule has 1 rings (SSSR count). The lowest BCUT2D eigenvalue weighted by Crippen LogP contribution is -2.38. The third kappa shape index (κ3) is 6.76. The molecule has 0 spiro atoms. The minimum Gasteiger partial charge on any atom is -0.492 e. The van der Waals surface area contributed by atoms with Gasteiger partial charge in [-0.3, -0.25) is 0 Å². The zero-order chi connectivity index (χ0) is 16.6. The number of anilines is 1. The highest BCUT2D eigenvalue weighted by molar-refractivity contribution is 7.79. The molecule has 1 N–H and O–H groups in total. The summed E-state index contributed by atoms with van der Waals surface area (Å²) in [5.41, 5.74) is 1.87. The van der Waals surface area contributed by atoms with Crippen LogP contribution in [0.25, 0.3) is 0 Å². The van der Waals surface area contributed by atoms with Crippen LogP contribution in [-0.4, -0.2) is 41.8 Å². The molecule has 0 saturated carbocycles. The van der Waals surface area contributed by atoms with Crippen molar-refractivity contribution in [3.63, 3.8) is 0 Å². The molecular weight excluding hydrogens is 300 g/mol. The average molecular weight is 324 g/mol. The topological polar surface area (TPSA) is 50.8 Å². The van der Waals surface area contributed by atoms with Gasteiger partial charge in [-0.05, 0) is 52.0 Å². The van der Waals surface area contributed by atoms with Crippen LogP contribution in [0.1, 0.15) is 27.7 Å². The summed E-state index contributed by atoms with van der Waals surface area (Å²) in [6.07, 6.45) is -0.320. The molecule has 6 heteroatoms. The minimum absolute atomic E-state index is 0.320. The highest BCUT2D eigenvalue weighted by Gasteiger charge is 2.20. The molecule has 0 bridgehead atoms. The fourth-order valence-electron chi connectivity index (χ4n) is 1.69. The van der Waals surface area contributed by atoms with Crippen LogP contribution in [0.15, 0.2) is 24.3 Å². The third-order valence-electron chi connectivity index (χ3n) is 2.74. The van der Waals surface area contributed by atoms with E-state index in [9.17, 15) is 4.79 Å². The summed E-state index contributed by atoms with van der Waals surface area (Å²) in [7, 11) is 0. The van der Waals surface area contributed by atoms with E-state index in [0.717, 1.165) is 11.4 Å². The van der Waals surface area contributed by atoms with Crippen molar-refractivity contribution >= 4 is 29.5 Å². The van der Waals surface area contributed by atoms with Crippen LogP contribution < -0.4 is 10.1 Å². The first kappa shape index (κ1) is 18.2. The van der Waals surface area contributed by atoms with Gasteiger partial charge >= 0.3 is 6.09 Å². The summed E-state index contributed by atoms with van der Waals surface area (Å²) in [5.74, 6) is 0.746. The summed E-state index contributed by atoms with van der Waals surface area (Å²) in [4.78, 5) is 13.6. The number of carbonyl (C=O) groups is 1. The van der Waals surface area contributed by atoms with Crippen molar-refractivity contribution in [3.05, 3.63) is 24.3 Å². The SMILES string of the molecule is CCN(CCOc1ccc(NC=S)cc1)C(=O)OC(C)(C)C. The van der Waals surface area contributed by atoms with Gasteiger partial charge in [0.1, 0.15) is 18.0 Å². The second-order valence-electron chi connectivity index (χ2n) is 5.70. The smallest absolute Gasteiger partial charge is 0.410 e. The number of benzene rings is 1. The maximum absolute atomic E-state index is 12.0. The van der Waals surface area contributed by atoms with Crippen molar-refractivity contribution in [1.82, 2.24) is 4.90 Å². The fraction of sp³-hybridized carbons (Fsp3) is 0.500. The van der Waals surface area contributed by atoms with Gasteiger partial charge in [-0.15, -0.1) is 0 Å². The predicted octanol–water partition coefficient (Wildman–Crippen LogP) is 3.69. The summed E-state index contributed by atoms with van der Waals surface area (Å²) >= 11 is 4.72. The number of likely N-dealkylation sites (N-methyl/N-ethyl adjacent to an activating group) is 1. The van der Waals surface area contributed by atoms with Gasteiger partial charge in [0.25, 0.3) is 0 Å².